The second-order valence-corrected chi connectivity index (χ2v) is 5.23. The molecule has 6 heteroatoms. The first-order chi connectivity index (χ1) is 8.61. The molecule has 0 aliphatic heterocycles. The van der Waals surface area contributed by atoms with Crippen LogP contribution in [0.1, 0.15) is 16.2 Å². The highest BCUT2D eigenvalue weighted by Gasteiger charge is 2.13. The molecule has 92 valence electrons. The number of carbonyl (C=O) groups is 1. The highest BCUT2D eigenvalue weighted by Crippen LogP contribution is 2.34. The molecule has 0 aliphatic rings. The second-order valence-electron chi connectivity index (χ2n) is 3.43. The van der Waals surface area contributed by atoms with E-state index in [0.29, 0.717) is 22.2 Å². The molecule has 0 fully saturated rings. The maximum Gasteiger partial charge on any atom is 0.155 e. The van der Waals surface area contributed by atoms with Crippen molar-refractivity contribution in [1.82, 2.24) is 9.97 Å². The molecule has 0 aliphatic carbocycles. The molecule has 0 saturated carbocycles. The third kappa shape index (κ3) is 2.83. The maximum absolute atomic E-state index is 11.0. The minimum Gasteiger partial charge on any atom is -0.298 e. The first-order valence-electron chi connectivity index (χ1n) is 5.03. The number of carbonyl (C=O) groups excluding carboxylic acids is 1. The van der Waals surface area contributed by atoms with E-state index in [4.69, 9.17) is 23.2 Å². The van der Waals surface area contributed by atoms with Crippen LogP contribution in [0.5, 0.6) is 0 Å². The van der Waals surface area contributed by atoms with Crippen LogP contribution in [0.2, 0.25) is 10.2 Å². The summed E-state index contributed by atoms with van der Waals surface area (Å²) in [5.74, 6) is 0.514. The number of aldehydes is 1. The summed E-state index contributed by atoms with van der Waals surface area (Å²) in [6.45, 7) is 1.72. The van der Waals surface area contributed by atoms with Crippen LogP contribution in [0, 0.1) is 6.92 Å². The highest BCUT2D eigenvalue weighted by molar-refractivity contribution is 7.99. The Hall–Kier alpha value is -1.10. The summed E-state index contributed by atoms with van der Waals surface area (Å²) in [4.78, 5) is 20.0. The van der Waals surface area contributed by atoms with E-state index in [0.717, 1.165) is 4.90 Å². The fourth-order valence-electron chi connectivity index (χ4n) is 1.33. The molecule has 0 radical (unpaired) electrons. The third-order valence-electron chi connectivity index (χ3n) is 2.14. The number of nitrogens with zero attached hydrogens (tertiary/aromatic N) is 2. The molecule has 2 rings (SSSR count). The third-order valence-corrected chi connectivity index (χ3v) is 3.95. The second kappa shape index (κ2) is 5.69. The van der Waals surface area contributed by atoms with Gasteiger partial charge < -0.3 is 0 Å². The molecule has 1 heterocycles. The Morgan fingerprint density at radius 1 is 1.22 bits per heavy atom. The van der Waals surface area contributed by atoms with Crippen molar-refractivity contribution < 1.29 is 4.79 Å². The van der Waals surface area contributed by atoms with Gasteiger partial charge in [0.25, 0.3) is 0 Å². The van der Waals surface area contributed by atoms with Gasteiger partial charge in [-0.25, -0.2) is 9.97 Å². The summed E-state index contributed by atoms with van der Waals surface area (Å²) in [7, 11) is 0. The molecule has 0 N–H and O–H groups in total. The minimum atomic E-state index is 0.159. The fraction of sp³-hybridized carbons (Fsp3) is 0.0833. The smallest absolute Gasteiger partial charge is 0.155 e. The lowest BCUT2D eigenvalue weighted by molar-refractivity contribution is 0.112. The Kier molecular flexibility index (Phi) is 4.22. The quantitative estimate of drug-likeness (QED) is 0.633. The summed E-state index contributed by atoms with van der Waals surface area (Å²) in [6.07, 6.45) is 0.654. The maximum atomic E-state index is 11.0. The van der Waals surface area contributed by atoms with Crippen LogP contribution in [0.25, 0.3) is 0 Å². The SMILES string of the molecule is Cc1nc(Cl)c(C=O)c(Sc2ccccc2Cl)n1. The van der Waals surface area contributed by atoms with E-state index in [1.807, 2.05) is 18.2 Å². The summed E-state index contributed by atoms with van der Waals surface area (Å²) in [5, 5.41) is 1.27. The van der Waals surface area contributed by atoms with Crippen molar-refractivity contribution in [3.63, 3.8) is 0 Å². The molecule has 3 nitrogen and oxygen atoms in total. The van der Waals surface area contributed by atoms with Gasteiger partial charge in [-0.15, -0.1) is 0 Å². The van der Waals surface area contributed by atoms with Crippen molar-refractivity contribution in [3.8, 4) is 0 Å². The van der Waals surface area contributed by atoms with Crippen molar-refractivity contribution in [2.45, 2.75) is 16.8 Å². The number of hydrogen-bond donors (Lipinski definition) is 0. The summed E-state index contributed by atoms with van der Waals surface area (Å²) < 4.78 is 0. The van der Waals surface area contributed by atoms with Crippen molar-refractivity contribution in [2.24, 2.45) is 0 Å². The number of benzene rings is 1. The van der Waals surface area contributed by atoms with E-state index >= 15 is 0 Å². The van der Waals surface area contributed by atoms with E-state index in [1.54, 1.807) is 13.0 Å². The lowest BCUT2D eigenvalue weighted by Crippen LogP contribution is -1.98. The standard InChI is InChI=1S/C12H8Cl2N2OS/c1-7-15-11(14)8(6-17)12(16-7)18-10-5-3-2-4-9(10)13/h2-6H,1H3. The topological polar surface area (TPSA) is 42.9 Å². The number of rotatable bonds is 3. The van der Waals surface area contributed by atoms with Gasteiger partial charge >= 0.3 is 0 Å². The Morgan fingerprint density at radius 3 is 2.61 bits per heavy atom. The summed E-state index contributed by atoms with van der Waals surface area (Å²) in [6, 6.07) is 7.34. The predicted octanol–water partition coefficient (Wildman–Crippen LogP) is 4.06. The van der Waals surface area contributed by atoms with E-state index in [1.165, 1.54) is 11.8 Å². The summed E-state index contributed by atoms with van der Waals surface area (Å²) in [5.41, 5.74) is 0.284. The van der Waals surface area contributed by atoms with E-state index in [2.05, 4.69) is 9.97 Å². The minimum absolute atomic E-state index is 0.159. The first-order valence-corrected chi connectivity index (χ1v) is 6.60. The molecule has 0 unspecified atom stereocenters. The van der Waals surface area contributed by atoms with Crippen LogP contribution in [0.4, 0.5) is 0 Å². The zero-order chi connectivity index (χ0) is 13.1. The van der Waals surface area contributed by atoms with Crippen LogP contribution in [0.3, 0.4) is 0 Å². The summed E-state index contributed by atoms with van der Waals surface area (Å²) >= 11 is 13.3. The fourth-order valence-corrected chi connectivity index (χ4v) is 2.85. The van der Waals surface area contributed by atoms with Crippen molar-refractivity contribution in [1.29, 1.82) is 0 Å². The molecule has 0 atom stereocenters. The molecule has 0 bridgehead atoms. The van der Waals surface area contributed by atoms with Gasteiger partial charge in [-0.1, -0.05) is 47.1 Å². The van der Waals surface area contributed by atoms with Gasteiger partial charge in [0.05, 0.1) is 10.6 Å². The largest absolute Gasteiger partial charge is 0.298 e. The van der Waals surface area contributed by atoms with Crippen LogP contribution >= 0.6 is 35.0 Å². The Bertz CT molecular complexity index is 605. The van der Waals surface area contributed by atoms with Crippen LogP contribution in [0.15, 0.2) is 34.2 Å². The lowest BCUT2D eigenvalue weighted by atomic mass is 10.4. The average Bonchev–Trinajstić information content (AvgIpc) is 2.31. The van der Waals surface area contributed by atoms with Gasteiger partial charge in [0.2, 0.25) is 0 Å². The van der Waals surface area contributed by atoms with Gasteiger partial charge in [-0.3, -0.25) is 4.79 Å². The van der Waals surface area contributed by atoms with Crippen molar-refractivity contribution in [3.05, 3.63) is 45.8 Å². The van der Waals surface area contributed by atoms with E-state index in [-0.39, 0.29) is 10.7 Å². The number of halogens is 2. The van der Waals surface area contributed by atoms with Crippen LogP contribution < -0.4 is 0 Å². The molecule has 2 aromatic rings. The molecule has 0 spiro atoms. The zero-order valence-electron chi connectivity index (χ0n) is 9.35. The van der Waals surface area contributed by atoms with Gasteiger partial charge in [0.15, 0.2) is 6.29 Å². The Balaban J connectivity index is 2.46. The zero-order valence-corrected chi connectivity index (χ0v) is 11.7. The molecule has 0 amide bonds. The van der Waals surface area contributed by atoms with Gasteiger partial charge in [-0.2, -0.15) is 0 Å². The van der Waals surface area contributed by atoms with E-state index in [9.17, 15) is 4.79 Å². The average molecular weight is 299 g/mol. The monoisotopic (exact) mass is 298 g/mol. The van der Waals surface area contributed by atoms with Crippen LogP contribution in [-0.2, 0) is 0 Å². The van der Waals surface area contributed by atoms with Gasteiger partial charge in [0, 0.05) is 4.90 Å². The Labute approximate surface area is 119 Å². The van der Waals surface area contributed by atoms with Crippen molar-refractivity contribution in [2.75, 3.05) is 0 Å². The normalized spacial score (nSPS) is 10.4. The van der Waals surface area contributed by atoms with Crippen LogP contribution in [-0.4, -0.2) is 16.3 Å². The first kappa shape index (κ1) is 13.3. The molecule has 0 saturated heterocycles. The molecular formula is C12H8Cl2N2OS. The van der Waals surface area contributed by atoms with Gasteiger partial charge in [-0.05, 0) is 19.1 Å². The molecule has 18 heavy (non-hydrogen) atoms. The predicted molar refractivity (Wildman–Crippen MR) is 72.7 cm³/mol. The lowest BCUT2D eigenvalue weighted by Gasteiger charge is -2.07. The van der Waals surface area contributed by atoms with Gasteiger partial charge in [0.1, 0.15) is 16.0 Å². The highest BCUT2D eigenvalue weighted by atomic mass is 35.5. The molecule has 1 aromatic heterocycles. The van der Waals surface area contributed by atoms with Crippen molar-refractivity contribution >= 4 is 41.2 Å². The number of hydrogen-bond acceptors (Lipinski definition) is 4. The number of aromatic nitrogens is 2. The molecular weight excluding hydrogens is 291 g/mol. The molecule has 1 aromatic carbocycles. The number of aryl methyl sites for hydroxylation is 1. The van der Waals surface area contributed by atoms with E-state index < -0.39 is 0 Å². The Morgan fingerprint density at radius 2 is 1.94 bits per heavy atom.